The summed E-state index contributed by atoms with van der Waals surface area (Å²) < 4.78 is 0. The average Bonchev–Trinajstić information content (AvgIpc) is 2.39. The van der Waals surface area contributed by atoms with Crippen molar-refractivity contribution >= 4 is 34.8 Å². The second kappa shape index (κ2) is 2.64. The Morgan fingerprint density at radius 1 is 1.33 bits per heavy atom. The van der Waals surface area contributed by atoms with Gasteiger partial charge in [0.15, 0.2) is 0 Å². The molecule has 0 bridgehead atoms. The van der Waals surface area contributed by atoms with Crippen LogP contribution in [0.1, 0.15) is 5.56 Å². The van der Waals surface area contributed by atoms with Gasteiger partial charge in [-0.25, -0.2) is 0 Å². The monoisotopic (exact) mass is 201 g/mol. The van der Waals surface area contributed by atoms with Crippen LogP contribution in [0.25, 0.3) is 0 Å². The number of halogens is 2. The molecule has 2 rings (SSSR count). The maximum Gasteiger partial charge on any atom is 0.228 e. The molecule has 1 aromatic rings. The molecule has 0 fully saturated rings. The number of rotatable bonds is 0. The van der Waals surface area contributed by atoms with E-state index < -0.39 is 0 Å². The number of anilines is 1. The summed E-state index contributed by atoms with van der Waals surface area (Å²) in [5.74, 6) is -0.0332. The van der Waals surface area contributed by atoms with E-state index in [1.807, 2.05) is 0 Å². The summed E-state index contributed by atoms with van der Waals surface area (Å²) in [7, 11) is 0. The molecule has 62 valence electrons. The Morgan fingerprint density at radius 3 is 2.83 bits per heavy atom. The molecule has 4 heteroatoms. The Morgan fingerprint density at radius 2 is 2.08 bits per heavy atom. The van der Waals surface area contributed by atoms with E-state index in [4.69, 9.17) is 23.2 Å². The number of hydrogen-bond donors (Lipinski definition) is 1. The predicted molar refractivity (Wildman–Crippen MR) is 48.8 cm³/mol. The summed E-state index contributed by atoms with van der Waals surface area (Å²) in [6.45, 7) is 0. The molecule has 1 aliphatic rings. The fourth-order valence-corrected chi connectivity index (χ4v) is 1.65. The molecule has 1 aromatic carbocycles. The van der Waals surface area contributed by atoms with Gasteiger partial charge in [-0.2, -0.15) is 0 Å². The highest BCUT2D eigenvalue weighted by Gasteiger charge is 2.21. The van der Waals surface area contributed by atoms with Crippen LogP contribution >= 0.6 is 23.2 Å². The third-order valence-electron chi connectivity index (χ3n) is 1.81. The summed E-state index contributed by atoms with van der Waals surface area (Å²) in [5, 5.41) is 3.66. The molecule has 0 saturated carbocycles. The van der Waals surface area contributed by atoms with E-state index >= 15 is 0 Å². The van der Waals surface area contributed by atoms with Crippen molar-refractivity contribution in [3.63, 3.8) is 0 Å². The SMILES string of the molecule is O=C1Cc2c(ccc(Cl)c2Cl)N1. The van der Waals surface area contributed by atoms with Gasteiger partial charge in [0.25, 0.3) is 0 Å². The Labute approximate surface area is 79.5 Å². The molecular weight excluding hydrogens is 197 g/mol. The van der Waals surface area contributed by atoms with Gasteiger partial charge in [-0.1, -0.05) is 23.2 Å². The minimum atomic E-state index is -0.0332. The quantitative estimate of drug-likeness (QED) is 0.687. The molecule has 0 unspecified atom stereocenters. The first kappa shape index (κ1) is 7.90. The third kappa shape index (κ3) is 1.08. The van der Waals surface area contributed by atoms with Gasteiger partial charge < -0.3 is 5.32 Å². The minimum absolute atomic E-state index is 0.0332. The molecule has 2 nitrogen and oxygen atoms in total. The lowest BCUT2D eigenvalue weighted by Crippen LogP contribution is -2.03. The van der Waals surface area contributed by atoms with Crippen LogP contribution < -0.4 is 5.32 Å². The van der Waals surface area contributed by atoms with Crippen LogP contribution in [0.4, 0.5) is 5.69 Å². The van der Waals surface area contributed by atoms with Crippen molar-refractivity contribution in [1.29, 1.82) is 0 Å². The van der Waals surface area contributed by atoms with Gasteiger partial charge in [0.2, 0.25) is 5.91 Å². The Balaban J connectivity index is 2.61. The Bertz CT molecular complexity index is 362. The fourth-order valence-electron chi connectivity index (χ4n) is 1.24. The summed E-state index contributed by atoms with van der Waals surface area (Å²) in [6, 6.07) is 3.43. The number of nitrogens with one attached hydrogen (secondary N) is 1. The first-order valence-electron chi connectivity index (χ1n) is 3.45. The molecule has 0 atom stereocenters. The molecule has 0 aliphatic carbocycles. The summed E-state index contributed by atoms with van der Waals surface area (Å²) in [6.07, 6.45) is 0.328. The molecule has 12 heavy (non-hydrogen) atoms. The first-order chi connectivity index (χ1) is 5.68. The van der Waals surface area contributed by atoms with Crippen LogP contribution in [-0.4, -0.2) is 5.91 Å². The molecule has 1 amide bonds. The number of amides is 1. The highest BCUT2D eigenvalue weighted by Crippen LogP contribution is 2.34. The minimum Gasteiger partial charge on any atom is -0.325 e. The maximum atomic E-state index is 11.0. The van der Waals surface area contributed by atoms with Crippen molar-refractivity contribution in [3.8, 4) is 0 Å². The molecule has 1 heterocycles. The van der Waals surface area contributed by atoms with Crippen LogP contribution in [0.3, 0.4) is 0 Å². The van der Waals surface area contributed by atoms with E-state index in [-0.39, 0.29) is 5.91 Å². The fraction of sp³-hybridized carbons (Fsp3) is 0.125. The van der Waals surface area contributed by atoms with E-state index in [0.717, 1.165) is 11.3 Å². The first-order valence-corrected chi connectivity index (χ1v) is 4.21. The van der Waals surface area contributed by atoms with Crippen molar-refractivity contribution in [2.24, 2.45) is 0 Å². The zero-order valence-electron chi connectivity index (χ0n) is 6.03. The van der Waals surface area contributed by atoms with Crippen LogP contribution in [-0.2, 0) is 11.2 Å². The summed E-state index contributed by atoms with van der Waals surface area (Å²) in [4.78, 5) is 11.0. The van der Waals surface area contributed by atoms with Crippen molar-refractivity contribution in [1.82, 2.24) is 0 Å². The zero-order chi connectivity index (χ0) is 8.72. The van der Waals surface area contributed by atoms with E-state index in [9.17, 15) is 4.79 Å². The smallest absolute Gasteiger partial charge is 0.228 e. The lowest BCUT2D eigenvalue weighted by Gasteiger charge is -2.01. The second-order valence-corrected chi connectivity index (χ2v) is 3.40. The second-order valence-electron chi connectivity index (χ2n) is 2.61. The van der Waals surface area contributed by atoms with Gasteiger partial charge in [-0.3, -0.25) is 4.79 Å². The Hall–Kier alpha value is -0.730. The molecule has 0 spiro atoms. The van der Waals surface area contributed by atoms with Crippen molar-refractivity contribution in [2.45, 2.75) is 6.42 Å². The zero-order valence-corrected chi connectivity index (χ0v) is 7.54. The number of benzene rings is 1. The van der Waals surface area contributed by atoms with Crippen LogP contribution in [0.5, 0.6) is 0 Å². The molecule has 1 aliphatic heterocycles. The topological polar surface area (TPSA) is 29.1 Å². The largest absolute Gasteiger partial charge is 0.325 e. The van der Waals surface area contributed by atoms with Crippen LogP contribution in [0.15, 0.2) is 12.1 Å². The van der Waals surface area contributed by atoms with Gasteiger partial charge in [-0.05, 0) is 12.1 Å². The Kier molecular flexibility index (Phi) is 1.74. The van der Waals surface area contributed by atoms with Crippen molar-refractivity contribution in [2.75, 3.05) is 5.32 Å². The van der Waals surface area contributed by atoms with E-state index in [2.05, 4.69) is 5.32 Å². The average molecular weight is 202 g/mol. The summed E-state index contributed by atoms with van der Waals surface area (Å²) in [5.41, 5.74) is 1.57. The standard InChI is InChI=1S/C8H5Cl2NO/c9-5-1-2-6-4(8(5)10)3-7(12)11-6/h1-2H,3H2,(H,11,12). The van der Waals surface area contributed by atoms with E-state index in [0.29, 0.717) is 16.5 Å². The predicted octanol–water partition coefficient (Wildman–Crippen LogP) is 2.49. The molecule has 0 aromatic heterocycles. The number of carbonyl (C=O) groups excluding carboxylic acids is 1. The third-order valence-corrected chi connectivity index (χ3v) is 2.65. The van der Waals surface area contributed by atoms with Crippen molar-refractivity contribution < 1.29 is 4.79 Å². The maximum absolute atomic E-state index is 11.0. The number of hydrogen-bond acceptors (Lipinski definition) is 1. The lowest BCUT2D eigenvalue weighted by atomic mass is 10.2. The van der Waals surface area contributed by atoms with E-state index in [1.165, 1.54) is 0 Å². The number of fused-ring (bicyclic) bond motifs is 1. The van der Waals surface area contributed by atoms with Gasteiger partial charge in [0, 0.05) is 11.3 Å². The molecule has 1 N–H and O–H groups in total. The molecule has 0 radical (unpaired) electrons. The summed E-state index contributed by atoms with van der Waals surface area (Å²) >= 11 is 11.6. The molecule has 0 saturated heterocycles. The highest BCUT2D eigenvalue weighted by molar-refractivity contribution is 6.43. The normalized spacial score (nSPS) is 14.3. The number of carbonyl (C=O) groups is 1. The lowest BCUT2D eigenvalue weighted by molar-refractivity contribution is -0.115. The highest BCUT2D eigenvalue weighted by atomic mass is 35.5. The van der Waals surface area contributed by atoms with Crippen LogP contribution in [0.2, 0.25) is 10.0 Å². The van der Waals surface area contributed by atoms with Crippen molar-refractivity contribution in [3.05, 3.63) is 27.7 Å². The van der Waals surface area contributed by atoms with Gasteiger partial charge in [-0.15, -0.1) is 0 Å². The van der Waals surface area contributed by atoms with E-state index in [1.54, 1.807) is 12.1 Å². The van der Waals surface area contributed by atoms with Crippen LogP contribution in [0, 0.1) is 0 Å². The van der Waals surface area contributed by atoms with Gasteiger partial charge >= 0.3 is 0 Å². The van der Waals surface area contributed by atoms with Gasteiger partial charge in [0.1, 0.15) is 0 Å². The molecular formula is C8H5Cl2NO. The van der Waals surface area contributed by atoms with Gasteiger partial charge in [0.05, 0.1) is 16.5 Å².